The van der Waals surface area contributed by atoms with Gasteiger partial charge in [0.1, 0.15) is 12.0 Å². The maximum Gasteiger partial charge on any atom is 0.227 e. The maximum absolute atomic E-state index is 9.85. The molecule has 2 fully saturated rings. The lowest BCUT2D eigenvalue weighted by Gasteiger charge is -2.23. The molecule has 3 heterocycles. The van der Waals surface area contributed by atoms with E-state index in [-0.39, 0.29) is 6.23 Å². The van der Waals surface area contributed by atoms with E-state index in [1.807, 2.05) is 11.0 Å². The van der Waals surface area contributed by atoms with Gasteiger partial charge >= 0.3 is 0 Å². The van der Waals surface area contributed by atoms with Crippen LogP contribution in [-0.4, -0.2) is 40.9 Å². The zero-order valence-electron chi connectivity index (χ0n) is 9.92. The van der Waals surface area contributed by atoms with Gasteiger partial charge in [0, 0.05) is 25.8 Å². The maximum atomic E-state index is 9.85. The van der Waals surface area contributed by atoms with E-state index in [0.717, 1.165) is 44.2 Å². The number of aliphatic hydroxyl groups excluding tert-OH is 1. The second-order valence-corrected chi connectivity index (χ2v) is 4.73. The van der Waals surface area contributed by atoms with Gasteiger partial charge in [0.05, 0.1) is 0 Å². The molecule has 3 rings (SSSR count). The summed E-state index contributed by atoms with van der Waals surface area (Å²) in [6.45, 7) is 2.98. The van der Waals surface area contributed by atoms with Gasteiger partial charge in [-0.3, -0.25) is 0 Å². The van der Waals surface area contributed by atoms with Crippen molar-refractivity contribution in [2.24, 2.45) is 0 Å². The first-order valence-corrected chi connectivity index (χ1v) is 6.37. The standard InChI is InChI=1S/C12H18N4O/c17-11-4-3-9-16(11)10-5-6-13-12(14-10)15-7-1-2-8-15/h5-6,11,17H,1-4,7-9H2. The fourth-order valence-electron chi connectivity index (χ4n) is 2.58. The molecule has 1 aromatic rings. The third-order valence-corrected chi connectivity index (χ3v) is 3.53. The van der Waals surface area contributed by atoms with Crippen LogP contribution in [0.5, 0.6) is 0 Å². The van der Waals surface area contributed by atoms with Crippen molar-refractivity contribution < 1.29 is 5.11 Å². The van der Waals surface area contributed by atoms with E-state index in [2.05, 4.69) is 14.9 Å². The predicted octanol–water partition coefficient (Wildman–Crippen LogP) is 0.995. The van der Waals surface area contributed by atoms with Crippen LogP contribution in [0.15, 0.2) is 12.3 Å². The average Bonchev–Trinajstić information content (AvgIpc) is 2.99. The lowest BCUT2D eigenvalue weighted by molar-refractivity contribution is 0.185. The van der Waals surface area contributed by atoms with Crippen LogP contribution >= 0.6 is 0 Å². The van der Waals surface area contributed by atoms with Crippen LogP contribution < -0.4 is 9.80 Å². The molecule has 5 heteroatoms. The highest BCUT2D eigenvalue weighted by atomic mass is 16.3. The van der Waals surface area contributed by atoms with Gasteiger partial charge in [-0.2, -0.15) is 4.98 Å². The van der Waals surface area contributed by atoms with Crippen molar-refractivity contribution in [2.45, 2.75) is 31.9 Å². The van der Waals surface area contributed by atoms with Crippen LogP contribution in [-0.2, 0) is 0 Å². The number of rotatable bonds is 2. The molecular formula is C12H18N4O. The molecule has 1 aromatic heterocycles. The number of hydrogen-bond acceptors (Lipinski definition) is 5. The summed E-state index contributed by atoms with van der Waals surface area (Å²) >= 11 is 0. The molecule has 2 aliphatic rings. The first kappa shape index (κ1) is 10.8. The van der Waals surface area contributed by atoms with Crippen molar-refractivity contribution in [3.05, 3.63) is 12.3 Å². The van der Waals surface area contributed by atoms with Gasteiger partial charge < -0.3 is 14.9 Å². The van der Waals surface area contributed by atoms with E-state index in [1.54, 1.807) is 6.20 Å². The zero-order chi connectivity index (χ0) is 11.7. The highest BCUT2D eigenvalue weighted by Gasteiger charge is 2.24. The minimum absolute atomic E-state index is 0.378. The van der Waals surface area contributed by atoms with Crippen molar-refractivity contribution in [2.75, 3.05) is 29.4 Å². The lowest BCUT2D eigenvalue weighted by atomic mass is 10.4. The minimum atomic E-state index is -0.378. The van der Waals surface area contributed by atoms with Gasteiger partial charge in [-0.15, -0.1) is 0 Å². The molecule has 0 bridgehead atoms. The Kier molecular flexibility index (Phi) is 2.84. The molecule has 1 unspecified atom stereocenters. The number of hydrogen-bond donors (Lipinski definition) is 1. The smallest absolute Gasteiger partial charge is 0.227 e. The van der Waals surface area contributed by atoms with Crippen molar-refractivity contribution in [1.29, 1.82) is 0 Å². The molecule has 17 heavy (non-hydrogen) atoms. The number of nitrogens with zero attached hydrogens (tertiary/aromatic N) is 4. The van der Waals surface area contributed by atoms with Crippen molar-refractivity contribution >= 4 is 11.8 Å². The summed E-state index contributed by atoms with van der Waals surface area (Å²) in [4.78, 5) is 13.1. The van der Waals surface area contributed by atoms with Crippen LogP contribution in [0.1, 0.15) is 25.7 Å². The Morgan fingerprint density at radius 3 is 2.71 bits per heavy atom. The van der Waals surface area contributed by atoms with Crippen molar-refractivity contribution in [1.82, 2.24) is 9.97 Å². The second-order valence-electron chi connectivity index (χ2n) is 4.73. The van der Waals surface area contributed by atoms with Crippen molar-refractivity contribution in [3.8, 4) is 0 Å². The van der Waals surface area contributed by atoms with Gasteiger partial charge in [-0.05, 0) is 31.7 Å². The lowest BCUT2D eigenvalue weighted by Crippen LogP contribution is -2.30. The molecule has 0 aliphatic carbocycles. The average molecular weight is 234 g/mol. The third kappa shape index (κ3) is 2.07. The molecular weight excluding hydrogens is 216 g/mol. The predicted molar refractivity (Wildman–Crippen MR) is 66.1 cm³/mol. The van der Waals surface area contributed by atoms with Crippen LogP contribution in [0.4, 0.5) is 11.8 Å². The van der Waals surface area contributed by atoms with E-state index in [4.69, 9.17) is 0 Å². The molecule has 0 saturated carbocycles. The first-order chi connectivity index (χ1) is 8.34. The van der Waals surface area contributed by atoms with E-state index in [0.29, 0.717) is 0 Å². The summed E-state index contributed by atoms with van der Waals surface area (Å²) in [7, 11) is 0. The molecule has 92 valence electrons. The second kappa shape index (κ2) is 4.49. The Bertz CT molecular complexity index is 392. The van der Waals surface area contributed by atoms with E-state index >= 15 is 0 Å². The number of aromatic nitrogens is 2. The zero-order valence-corrected chi connectivity index (χ0v) is 9.92. The molecule has 2 saturated heterocycles. The summed E-state index contributed by atoms with van der Waals surface area (Å²) in [5.41, 5.74) is 0. The monoisotopic (exact) mass is 234 g/mol. The van der Waals surface area contributed by atoms with E-state index in [1.165, 1.54) is 12.8 Å². The first-order valence-electron chi connectivity index (χ1n) is 6.37. The largest absolute Gasteiger partial charge is 0.374 e. The third-order valence-electron chi connectivity index (χ3n) is 3.53. The summed E-state index contributed by atoms with van der Waals surface area (Å²) in [5, 5.41) is 9.85. The molecule has 1 atom stereocenters. The molecule has 0 spiro atoms. The number of anilines is 2. The Hall–Kier alpha value is -1.36. The van der Waals surface area contributed by atoms with E-state index < -0.39 is 0 Å². The summed E-state index contributed by atoms with van der Waals surface area (Å²) in [6.07, 6.45) is 5.73. The van der Waals surface area contributed by atoms with Crippen LogP contribution in [0, 0.1) is 0 Å². The summed E-state index contributed by atoms with van der Waals surface area (Å²) < 4.78 is 0. The van der Waals surface area contributed by atoms with Crippen LogP contribution in [0.25, 0.3) is 0 Å². The van der Waals surface area contributed by atoms with Gasteiger partial charge in [0.25, 0.3) is 0 Å². The fourth-order valence-corrected chi connectivity index (χ4v) is 2.58. The Labute approximate surface area is 101 Å². The molecule has 0 aromatic carbocycles. The van der Waals surface area contributed by atoms with Gasteiger partial charge in [-0.25, -0.2) is 4.98 Å². The quantitative estimate of drug-likeness (QED) is 0.827. The minimum Gasteiger partial charge on any atom is -0.374 e. The topological polar surface area (TPSA) is 52.5 Å². The normalized spacial score (nSPS) is 24.6. The highest BCUT2D eigenvalue weighted by Crippen LogP contribution is 2.24. The molecule has 0 radical (unpaired) electrons. The van der Waals surface area contributed by atoms with Gasteiger partial charge in [0.2, 0.25) is 5.95 Å². The molecule has 0 amide bonds. The van der Waals surface area contributed by atoms with Crippen LogP contribution in [0.2, 0.25) is 0 Å². The fraction of sp³-hybridized carbons (Fsp3) is 0.667. The Morgan fingerprint density at radius 2 is 2.00 bits per heavy atom. The van der Waals surface area contributed by atoms with Crippen molar-refractivity contribution in [3.63, 3.8) is 0 Å². The molecule has 5 nitrogen and oxygen atoms in total. The number of aliphatic hydroxyl groups is 1. The van der Waals surface area contributed by atoms with Gasteiger partial charge in [0.15, 0.2) is 0 Å². The Balaban J connectivity index is 1.83. The highest BCUT2D eigenvalue weighted by molar-refractivity contribution is 5.45. The molecule has 1 N–H and O–H groups in total. The summed E-state index contributed by atoms with van der Waals surface area (Å²) in [6, 6.07) is 1.88. The SMILES string of the molecule is OC1CCCN1c1ccnc(N2CCCC2)n1. The van der Waals surface area contributed by atoms with Crippen LogP contribution in [0.3, 0.4) is 0 Å². The molecule has 2 aliphatic heterocycles. The summed E-state index contributed by atoms with van der Waals surface area (Å²) in [5.74, 6) is 1.66. The Morgan fingerprint density at radius 1 is 1.18 bits per heavy atom. The van der Waals surface area contributed by atoms with E-state index in [9.17, 15) is 5.11 Å². The van der Waals surface area contributed by atoms with Gasteiger partial charge in [-0.1, -0.05) is 0 Å².